The minimum absolute atomic E-state index is 0.261. The molecule has 0 aromatic carbocycles. The summed E-state index contributed by atoms with van der Waals surface area (Å²) in [5.41, 5.74) is 0. The van der Waals surface area contributed by atoms with E-state index in [1.807, 2.05) is 6.08 Å². The number of allylic oxidation sites excluding steroid dienone is 9. The zero-order chi connectivity index (χ0) is 50.3. The van der Waals surface area contributed by atoms with Crippen molar-refractivity contribution in [3.63, 3.8) is 0 Å². The molecule has 2 saturated heterocycles. The molecule has 9 N–H and O–H groups in total. The first-order valence-corrected chi connectivity index (χ1v) is 27.0. The maximum atomic E-state index is 13.2. The van der Waals surface area contributed by atoms with Gasteiger partial charge >= 0.3 is 0 Å². The highest BCUT2D eigenvalue weighted by molar-refractivity contribution is 5.76. The quantitative estimate of drug-likeness (QED) is 0.0211. The van der Waals surface area contributed by atoms with Crippen molar-refractivity contribution in [1.29, 1.82) is 0 Å². The van der Waals surface area contributed by atoms with Crippen molar-refractivity contribution in [3.8, 4) is 0 Å². The van der Waals surface area contributed by atoms with Crippen LogP contribution < -0.4 is 5.32 Å². The molecule has 0 aromatic rings. The van der Waals surface area contributed by atoms with E-state index in [0.29, 0.717) is 12.8 Å². The summed E-state index contributed by atoms with van der Waals surface area (Å²) in [6.07, 6.45) is 34.0. The summed E-state index contributed by atoms with van der Waals surface area (Å²) >= 11 is 0. The summed E-state index contributed by atoms with van der Waals surface area (Å²) in [5.74, 6) is -0.261. The first kappa shape index (κ1) is 62.8. The molecule has 2 aliphatic rings. The van der Waals surface area contributed by atoms with Crippen LogP contribution >= 0.6 is 0 Å². The van der Waals surface area contributed by atoms with E-state index >= 15 is 0 Å². The lowest BCUT2D eigenvalue weighted by molar-refractivity contribution is -0.359. The smallest absolute Gasteiger partial charge is 0.220 e. The average Bonchev–Trinajstić information content (AvgIpc) is 3.35. The van der Waals surface area contributed by atoms with Gasteiger partial charge in [-0.1, -0.05) is 164 Å². The number of carbonyl (C=O) groups excluding carboxylic acids is 1. The fraction of sp³-hybridized carbons (Fsp3) is 0.800. The Morgan fingerprint density at radius 1 is 0.522 bits per heavy atom. The number of unbranched alkanes of at least 4 members (excludes halogenated alkanes) is 20. The molecule has 400 valence electrons. The van der Waals surface area contributed by atoms with Crippen LogP contribution in [-0.4, -0.2) is 140 Å². The average molecular weight is 980 g/mol. The molecule has 14 nitrogen and oxygen atoms in total. The van der Waals surface area contributed by atoms with Gasteiger partial charge < -0.3 is 65.1 Å². The van der Waals surface area contributed by atoms with Crippen LogP contribution in [0.3, 0.4) is 0 Å². The standard InChI is InChI=1S/C55H97NO13/c1-3-5-7-9-11-13-15-17-19-20-21-22-23-24-25-27-29-31-33-35-37-39-47(60)56-43(44(59)38-36-34-32-30-28-26-18-16-14-12-10-8-6-4-2)42-66-54-52(65)50(63)53(46(41-58)68-54)69-55-51(64)49(62)48(61)45(40-57)67-55/h14-17,20-21,28,30,36,38,43-46,48-55,57-59,61-65H,3-13,18-19,22-27,29,31-35,37,39-42H2,1-2H3,(H,56,60)/b16-14+,17-15-,21-20-,30-28+,38-36+. The number of carbonyl (C=O) groups is 1. The third-order valence-corrected chi connectivity index (χ3v) is 12.9. The Kier molecular flexibility index (Phi) is 37.5. The van der Waals surface area contributed by atoms with Crippen LogP contribution in [0.1, 0.15) is 187 Å². The van der Waals surface area contributed by atoms with E-state index in [9.17, 15) is 45.6 Å². The highest BCUT2D eigenvalue weighted by Crippen LogP contribution is 2.30. The van der Waals surface area contributed by atoms with Gasteiger partial charge in [0.1, 0.15) is 48.8 Å². The van der Waals surface area contributed by atoms with Gasteiger partial charge in [-0.2, -0.15) is 0 Å². The molecule has 0 spiro atoms. The second-order valence-corrected chi connectivity index (χ2v) is 19.0. The Balaban J connectivity index is 1.82. The van der Waals surface area contributed by atoms with E-state index in [2.05, 4.69) is 67.8 Å². The van der Waals surface area contributed by atoms with Gasteiger partial charge in [-0.25, -0.2) is 0 Å². The van der Waals surface area contributed by atoms with Crippen LogP contribution in [0.2, 0.25) is 0 Å². The molecular weight excluding hydrogens is 883 g/mol. The van der Waals surface area contributed by atoms with Gasteiger partial charge in [0, 0.05) is 6.42 Å². The van der Waals surface area contributed by atoms with E-state index in [1.54, 1.807) is 6.08 Å². The van der Waals surface area contributed by atoms with Gasteiger partial charge in [0.15, 0.2) is 12.6 Å². The van der Waals surface area contributed by atoms with Crippen LogP contribution in [-0.2, 0) is 23.7 Å². The van der Waals surface area contributed by atoms with Crippen molar-refractivity contribution in [2.45, 2.75) is 261 Å². The van der Waals surface area contributed by atoms with Crippen molar-refractivity contribution in [3.05, 3.63) is 60.8 Å². The van der Waals surface area contributed by atoms with Crippen molar-refractivity contribution in [1.82, 2.24) is 5.32 Å². The number of rotatable bonds is 41. The lowest BCUT2D eigenvalue weighted by atomic mass is 9.97. The van der Waals surface area contributed by atoms with Crippen LogP contribution in [0.5, 0.6) is 0 Å². The predicted molar refractivity (Wildman–Crippen MR) is 272 cm³/mol. The molecular formula is C55H97NO13. The Hall–Kier alpha value is -2.31. The fourth-order valence-electron chi connectivity index (χ4n) is 8.47. The minimum Gasteiger partial charge on any atom is -0.394 e. The van der Waals surface area contributed by atoms with E-state index in [-0.39, 0.29) is 18.9 Å². The summed E-state index contributed by atoms with van der Waals surface area (Å²) in [7, 11) is 0. The normalized spacial score (nSPS) is 26.6. The number of hydrogen-bond donors (Lipinski definition) is 9. The molecule has 0 aromatic heterocycles. The van der Waals surface area contributed by atoms with E-state index in [4.69, 9.17) is 18.9 Å². The summed E-state index contributed by atoms with van der Waals surface area (Å²) in [6.45, 7) is 2.72. The minimum atomic E-state index is -1.79. The second kappa shape index (κ2) is 41.2. The highest BCUT2D eigenvalue weighted by Gasteiger charge is 2.51. The van der Waals surface area contributed by atoms with Gasteiger partial charge in [0.05, 0.1) is 32.0 Å². The number of aliphatic hydroxyl groups is 8. The maximum absolute atomic E-state index is 13.2. The molecule has 0 saturated carbocycles. The molecule has 2 aliphatic heterocycles. The summed E-state index contributed by atoms with van der Waals surface area (Å²) in [6, 6.07) is -0.941. The lowest BCUT2D eigenvalue weighted by Gasteiger charge is -2.46. The van der Waals surface area contributed by atoms with Crippen molar-refractivity contribution < 1.29 is 64.6 Å². The summed E-state index contributed by atoms with van der Waals surface area (Å²) < 4.78 is 22.7. The fourth-order valence-corrected chi connectivity index (χ4v) is 8.47. The van der Waals surface area contributed by atoms with Gasteiger partial charge in [-0.3, -0.25) is 4.79 Å². The number of nitrogens with one attached hydrogen (secondary N) is 1. The van der Waals surface area contributed by atoms with E-state index in [0.717, 1.165) is 57.8 Å². The van der Waals surface area contributed by atoms with Crippen LogP contribution in [0.4, 0.5) is 0 Å². The predicted octanol–water partition coefficient (Wildman–Crippen LogP) is 7.83. The molecule has 0 bridgehead atoms. The number of aliphatic hydroxyl groups excluding tert-OH is 8. The van der Waals surface area contributed by atoms with Crippen LogP contribution in [0.25, 0.3) is 0 Å². The van der Waals surface area contributed by atoms with E-state index < -0.39 is 86.8 Å². The van der Waals surface area contributed by atoms with Gasteiger partial charge in [-0.15, -0.1) is 0 Å². The first-order chi connectivity index (χ1) is 33.6. The summed E-state index contributed by atoms with van der Waals surface area (Å²) in [4.78, 5) is 13.2. The number of ether oxygens (including phenoxy) is 4. The van der Waals surface area contributed by atoms with Crippen LogP contribution in [0.15, 0.2) is 60.8 Å². The van der Waals surface area contributed by atoms with Crippen molar-refractivity contribution in [2.24, 2.45) is 0 Å². The van der Waals surface area contributed by atoms with Gasteiger partial charge in [0.25, 0.3) is 0 Å². The monoisotopic (exact) mass is 980 g/mol. The molecule has 0 radical (unpaired) electrons. The van der Waals surface area contributed by atoms with Crippen LogP contribution in [0, 0.1) is 0 Å². The third-order valence-electron chi connectivity index (χ3n) is 12.9. The SMILES string of the molecule is CCCCCC/C=C/CC/C=C/CC/C=C/C(O)C(COC1OC(CO)C(OC2OC(CO)C(O)C(O)C2O)C(O)C1O)NC(=O)CCCCCCCCCCC/C=C\C/C=C\CCCCCCC. The maximum Gasteiger partial charge on any atom is 0.220 e. The Morgan fingerprint density at radius 3 is 1.52 bits per heavy atom. The van der Waals surface area contributed by atoms with Gasteiger partial charge in [0.2, 0.25) is 5.91 Å². The number of amides is 1. The molecule has 2 rings (SSSR count). The van der Waals surface area contributed by atoms with Gasteiger partial charge in [-0.05, 0) is 77.0 Å². The summed E-state index contributed by atoms with van der Waals surface area (Å²) in [5, 5.41) is 86.8. The van der Waals surface area contributed by atoms with Crippen molar-refractivity contribution in [2.75, 3.05) is 19.8 Å². The molecule has 69 heavy (non-hydrogen) atoms. The zero-order valence-electron chi connectivity index (χ0n) is 42.5. The molecule has 12 unspecified atom stereocenters. The highest BCUT2D eigenvalue weighted by atomic mass is 16.7. The van der Waals surface area contributed by atoms with Crippen molar-refractivity contribution >= 4 is 5.91 Å². The molecule has 12 atom stereocenters. The molecule has 2 fully saturated rings. The van der Waals surface area contributed by atoms with E-state index in [1.165, 1.54) is 96.3 Å². The zero-order valence-corrected chi connectivity index (χ0v) is 42.5. The Morgan fingerprint density at radius 2 is 0.971 bits per heavy atom. The largest absolute Gasteiger partial charge is 0.394 e. The molecule has 2 heterocycles. The molecule has 0 aliphatic carbocycles. The third kappa shape index (κ3) is 27.9. The molecule has 1 amide bonds. The second-order valence-electron chi connectivity index (χ2n) is 19.0. The Labute approximate surface area is 416 Å². The lowest BCUT2D eigenvalue weighted by Crippen LogP contribution is -2.65. The topological polar surface area (TPSA) is 228 Å². The molecule has 14 heteroatoms. The Bertz CT molecular complexity index is 1390. The first-order valence-electron chi connectivity index (χ1n) is 27.0. The number of hydrogen-bond acceptors (Lipinski definition) is 13.